The number of rotatable bonds is 3. The number of thiophene rings is 1. The Balaban J connectivity index is 2.80. The Bertz CT molecular complexity index is 257. The van der Waals surface area contributed by atoms with Gasteiger partial charge in [0.05, 0.1) is 4.21 Å². The van der Waals surface area contributed by atoms with Crippen molar-refractivity contribution in [3.63, 3.8) is 0 Å². The third-order valence-electron chi connectivity index (χ3n) is 1.33. The highest BCUT2D eigenvalue weighted by Crippen LogP contribution is 2.22. The molecular weight excluding hydrogens is 178 g/mol. The molecule has 0 saturated carbocycles. The minimum atomic E-state index is 0.182. The molecule has 1 aromatic rings. The summed E-state index contributed by atoms with van der Waals surface area (Å²) in [5.41, 5.74) is 0.783. The predicted octanol–water partition coefficient (Wildman–Crippen LogP) is 2.31. The third kappa shape index (κ3) is 2.05. The van der Waals surface area contributed by atoms with Gasteiger partial charge in [0, 0.05) is 17.4 Å². The fourth-order valence-corrected chi connectivity index (χ4v) is 1.93. The first kappa shape index (κ1) is 8.77. The number of carbonyl (C=O) groups excluding carboxylic acids is 1. The predicted molar refractivity (Wildman–Crippen MR) is 49.0 cm³/mol. The molecule has 1 heterocycles. The topological polar surface area (TPSA) is 43.1 Å². The maximum absolute atomic E-state index is 11.1. The van der Waals surface area contributed by atoms with Crippen LogP contribution in [0.1, 0.15) is 23.7 Å². The second-order valence-electron chi connectivity index (χ2n) is 2.05. The molecular formula is C7H9NOS2. The summed E-state index contributed by atoms with van der Waals surface area (Å²) in [5.74, 6) is 0.182. The molecule has 1 aromatic heterocycles. The molecule has 1 rings (SSSR count). The number of ketones is 1. The molecule has 0 fully saturated rings. The molecule has 11 heavy (non-hydrogen) atoms. The lowest BCUT2D eigenvalue weighted by atomic mass is 10.2. The van der Waals surface area contributed by atoms with Gasteiger partial charge in [-0.05, 0) is 18.0 Å². The summed E-state index contributed by atoms with van der Waals surface area (Å²) < 4.78 is 0.988. The molecule has 4 heteroatoms. The number of hydrogen-bond donors (Lipinski definition) is 1. The van der Waals surface area contributed by atoms with Crippen molar-refractivity contribution >= 4 is 29.1 Å². The van der Waals surface area contributed by atoms with Crippen LogP contribution in [-0.4, -0.2) is 5.78 Å². The first-order valence-corrected chi connectivity index (χ1v) is 5.02. The van der Waals surface area contributed by atoms with Crippen molar-refractivity contribution in [3.8, 4) is 0 Å². The molecule has 0 aliphatic carbocycles. The summed E-state index contributed by atoms with van der Waals surface area (Å²) in [6.07, 6.45) is 0.561. The minimum absolute atomic E-state index is 0.182. The van der Waals surface area contributed by atoms with E-state index in [4.69, 9.17) is 5.14 Å². The monoisotopic (exact) mass is 187 g/mol. The highest BCUT2D eigenvalue weighted by molar-refractivity contribution is 7.99. The summed E-state index contributed by atoms with van der Waals surface area (Å²) in [6.45, 7) is 1.86. The second-order valence-corrected chi connectivity index (χ2v) is 3.89. The van der Waals surface area contributed by atoms with Gasteiger partial charge < -0.3 is 0 Å². The van der Waals surface area contributed by atoms with Crippen molar-refractivity contribution in [2.75, 3.05) is 0 Å². The Labute approximate surface area is 73.9 Å². The van der Waals surface area contributed by atoms with E-state index in [0.717, 1.165) is 9.77 Å². The van der Waals surface area contributed by atoms with Gasteiger partial charge in [0.25, 0.3) is 0 Å². The summed E-state index contributed by atoms with van der Waals surface area (Å²) in [6, 6.07) is 1.83. The van der Waals surface area contributed by atoms with Crippen LogP contribution in [-0.2, 0) is 0 Å². The molecule has 0 amide bonds. The summed E-state index contributed by atoms with van der Waals surface area (Å²) >= 11 is 2.69. The molecule has 60 valence electrons. The lowest BCUT2D eigenvalue weighted by Crippen LogP contribution is -1.92. The fraction of sp³-hybridized carbons (Fsp3) is 0.286. The molecule has 0 saturated heterocycles. The third-order valence-corrected chi connectivity index (χ3v) is 2.98. The minimum Gasteiger partial charge on any atom is -0.294 e. The Kier molecular flexibility index (Phi) is 3.11. The van der Waals surface area contributed by atoms with E-state index in [1.807, 2.05) is 18.4 Å². The molecule has 0 aliphatic heterocycles. The highest BCUT2D eigenvalue weighted by atomic mass is 32.2. The van der Waals surface area contributed by atoms with E-state index in [9.17, 15) is 4.79 Å². The average Bonchev–Trinajstić information content (AvgIpc) is 2.50. The number of carbonyl (C=O) groups is 1. The largest absolute Gasteiger partial charge is 0.294 e. The van der Waals surface area contributed by atoms with Crippen molar-refractivity contribution in [2.24, 2.45) is 5.14 Å². The van der Waals surface area contributed by atoms with Gasteiger partial charge in [0.2, 0.25) is 0 Å². The van der Waals surface area contributed by atoms with Crippen LogP contribution in [0.3, 0.4) is 0 Å². The SMILES string of the molecule is CCC(=O)c1csc(SN)c1. The molecule has 0 radical (unpaired) electrons. The van der Waals surface area contributed by atoms with Gasteiger partial charge in [0.1, 0.15) is 0 Å². The zero-order valence-electron chi connectivity index (χ0n) is 6.16. The Morgan fingerprint density at radius 1 is 1.82 bits per heavy atom. The highest BCUT2D eigenvalue weighted by Gasteiger charge is 2.05. The number of Topliss-reactive ketones (excluding diaryl/α,β-unsaturated/α-hetero) is 1. The van der Waals surface area contributed by atoms with Crippen LogP contribution in [0.4, 0.5) is 0 Å². The lowest BCUT2D eigenvalue weighted by Gasteiger charge is -1.88. The van der Waals surface area contributed by atoms with Crippen molar-refractivity contribution < 1.29 is 4.79 Å². The van der Waals surface area contributed by atoms with Gasteiger partial charge in [0.15, 0.2) is 5.78 Å². The summed E-state index contributed by atoms with van der Waals surface area (Å²) in [4.78, 5) is 11.1. The summed E-state index contributed by atoms with van der Waals surface area (Å²) in [7, 11) is 0. The number of hydrogen-bond acceptors (Lipinski definition) is 4. The van der Waals surface area contributed by atoms with Gasteiger partial charge in [-0.1, -0.05) is 6.92 Å². The van der Waals surface area contributed by atoms with Crippen LogP contribution in [0.15, 0.2) is 15.7 Å². The van der Waals surface area contributed by atoms with Crippen LogP contribution < -0.4 is 5.14 Å². The zero-order valence-corrected chi connectivity index (χ0v) is 7.80. The Hall–Kier alpha value is -0.320. The van der Waals surface area contributed by atoms with E-state index >= 15 is 0 Å². The smallest absolute Gasteiger partial charge is 0.163 e. The quantitative estimate of drug-likeness (QED) is 0.583. The van der Waals surface area contributed by atoms with Gasteiger partial charge >= 0.3 is 0 Å². The van der Waals surface area contributed by atoms with E-state index in [1.165, 1.54) is 23.3 Å². The molecule has 0 unspecified atom stereocenters. The number of nitrogens with two attached hydrogens (primary N) is 1. The Morgan fingerprint density at radius 3 is 3.00 bits per heavy atom. The maximum atomic E-state index is 11.1. The molecule has 2 N–H and O–H groups in total. The van der Waals surface area contributed by atoms with Crippen LogP contribution in [0.2, 0.25) is 0 Å². The van der Waals surface area contributed by atoms with Crippen LogP contribution in [0, 0.1) is 0 Å². The van der Waals surface area contributed by atoms with Crippen LogP contribution >= 0.6 is 23.3 Å². The molecule has 0 atom stereocenters. The van der Waals surface area contributed by atoms with Crippen molar-refractivity contribution in [1.29, 1.82) is 0 Å². The van der Waals surface area contributed by atoms with E-state index in [0.29, 0.717) is 6.42 Å². The lowest BCUT2D eigenvalue weighted by molar-refractivity contribution is 0.0988. The first-order valence-electron chi connectivity index (χ1n) is 3.26. The standard InChI is InChI=1S/C7H9NOS2/c1-2-6(9)5-3-7(11-8)10-4-5/h3-4H,2,8H2,1H3. The maximum Gasteiger partial charge on any atom is 0.163 e. The van der Waals surface area contributed by atoms with Crippen LogP contribution in [0.25, 0.3) is 0 Å². The molecule has 0 aliphatic rings. The van der Waals surface area contributed by atoms with Crippen LogP contribution in [0.5, 0.6) is 0 Å². The van der Waals surface area contributed by atoms with Gasteiger partial charge in [-0.15, -0.1) is 11.3 Å². The Morgan fingerprint density at radius 2 is 2.55 bits per heavy atom. The summed E-state index contributed by atoms with van der Waals surface area (Å²) in [5, 5.41) is 7.17. The molecule has 0 aromatic carbocycles. The van der Waals surface area contributed by atoms with Crippen molar-refractivity contribution in [2.45, 2.75) is 17.6 Å². The molecule has 2 nitrogen and oxygen atoms in total. The fourth-order valence-electron chi connectivity index (χ4n) is 0.729. The zero-order chi connectivity index (χ0) is 8.27. The van der Waals surface area contributed by atoms with Gasteiger partial charge in [-0.3, -0.25) is 9.93 Å². The molecule has 0 bridgehead atoms. The van der Waals surface area contributed by atoms with E-state index < -0.39 is 0 Å². The second kappa shape index (κ2) is 3.90. The van der Waals surface area contributed by atoms with Gasteiger partial charge in [-0.25, -0.2) is 0 Å². The van der Waals surface area contributed by atoms with Crippen molar-refractivity contribution in [1.82, 2.24) is 0 Å². The van der Waals surface area contributed by atoms with E-state index in [1.54, 1.807) is 0 Å². The van der Waals surface area contributed by atoms with E-state index in [2.05, 4.69) is 0 Å². The first-order chi connectivity index (χ1) is 5.27. The normalized spacial score (nSPS) is 10.0. The van der Waals surface area contributed by atoms with Crippen molar-refractivity contribution in [3.05, 3.63) is 17.0 Å². The van der Waals surface area contributed by atoms with E-state index in [-0.39, 0.29) is 5.78 Å². The average molecular weight is 187 g/mol. The van der Waals surface area contributed by atoms with Gasteiger partial charge in [-0.2, -0.15) is 0 Å². The molecule has 0 spiro atoms.